The van der Waals surface area contributed by atoms with Gasteiger partial charge in [-0.3, -0.25) is 4.90 Å². The van der Waals surface area contributed by atoms with E-state index in [0.29, 0.717) is 30.8 Å². The van der Waals surface area contributed by atoms with E-state index in [1.807, 2.05) is 7.05 Å². The SMILES string of the molecule is COCc1nc(CN(C)CC2CCCC2O)no1. The van der Waals surface area contributed by atoms with Gasteiger partial charge in [-0.05, 0) is 25.8 Å². The third kappa shape index (κ3) is 3.51. The number of rotatable bonds is 6. The molecule has 1 heterocycles. The van der Waals surface area contributed by atoms with Crippen molar-refractivity contribution in [1.82, 2.24) is 15.0 Å². The van der Waals surface area contributed by atoms with Crippen LogP contribution in [0, 0.1) is 5.92 Å². The van der Waals surface area contributed by atoms with Gasteiger partial charge in [0.1, 0.15) is 6.61 Å². The van der Waals surface area contributed by atoms with Crippen molar-refractivity contribution in [3.8, 4) is 0 Å². The van der Waals surface area contributed by atoms with Crippen molar-refractivity contribution >= 4 is 0 Å². The monoisotopic (exact) mass is 255 g/mol. The van der Waals surface area contributed by atoms with Crippen molar-refractivity contribution in [3.05, 3.63) is 11.7 Å². The Kier molecular flexibility index (Phi) is 4.68. The molecule has 0 amide bonds. The van der Waals surface area contributed by atoms with Crippen LogP contribution in [0.5, 0.6) is 0 Å². The fraction of sp³-hybridized carbons (Fsp3) is 0.833. The Hall–Kier alpha value is -0.980. The fourth-order valence-electron chi connectivity index (χ4n) is 2.47. The normalized spacial score (nSPS) is 24.0. The number of ether oxygens (including phenoxy) is 1. The van der Waals surface area contributed by atoms with Gasteiger partial charge < -0.3 is 14.4 Å². The second kappa shape index (κ2) is 6.26. The van der Waals surface area contributed by atoms with Crippen LogP contribution in [0.25, 0.3) is 0 Å². The summed E-state index contributed by atoms with van der Waals surface area (Å²) >= 11 is 0. The lowest BCUT2D eigenvalue weighted by Gasteiger charge is -2.21. The molecule has 1 aromatic heterocycles. The molecule has 6 nitrogen and oxygen atoms in total. The van der Waals surface area contributed by atoms with Crippen LogP contribution in [0.4, 0.5) is 0 Å². The van der Waals surface area contributed by atoms with Gasteiger partial charge in [0.25, 0.3) is 5.89 Å². The van der Waals surface area contributed by atoms with Crippen molar-refractivity contribution in [2.75, 3.05) is 20.7 Å². The summed E-state index contributed by atoms with van der Waals surface area (Å²) in [6.45, 7) is 1.85. The van der Waals surface area contributed by atoms with E-state index in [1.165, 1.54) is 0 Å². The predicted octanol–water partition coefficient (Wildman–Crippen LogP) is 0.809. The molecule has 1 fully saturated rings. The molecular formula is C12H21N3O3. The number of aromatic nitrogens is 2. The second-order valence-corrected chi connectivity index (χ2v) is 4.99. The number of methoxy groups -OCH3 is 1. The Morgan fingerprint density at radius 3 is 3.00 bits per heavy atom. The topological polar surface area (TPSA) is 71.6 Å². The maximum Gasteiger partial charge on any atom is 0.252 e. The van der Waals surface area contributed by atoms with Gasteiger partial charge in [-0.25, -0.2) is 0 Å². The number of hydrogen-bond acceptors (Lipinski definition) is 6. The van der Waals surface area contributed by atoms with E-state index in [0.717, 1.165) is 25.8 Å². The van der Waals surface area contributed by atoms with Gasteiger partial charge in [-0.1, -0.05) is 11.6 Å². The summed E-state index contributed by atoms with van der Waals surface area (Å²) < 4.78 is 9.96. The molecule has 102 valence electrons. The zero-order valence-electron chi connectivity index (χ0n) is 11.0. The number of nitrogens with zero attached hydrogens (tertiary/aromatic N) is 3. The van der Waals surface area contributed by atoms with Crippen LogP contribution in [0.2, 0.25) is 0 Å². The van der Waals surface area contributed by atoms with Gasteiger partial charge in [-0.15, -0.1) is 0 Å². The molecule has 1 aliphatic rings. The molecule has 1 N–H and O–H groups in total. The Morgan fingerprint density at radius 1 is 1.50 bits per heavy atom. The third-order valence-electron chi connectivity index (χ3n) is 3.35. The fourth-order valence-corrected chi connectivity index (χ4v) is 2.47. The molecule has 1 aromatic rings. The first-order chi connectivity index (χ1) is 8.69. The minimum Gasteiger partial charge on any atom is -0.393 e. The van der Waals surface area contributed by atoms with Gasteiger partial charge in [0.2, 0.25) is 0 Å². The lowest BCUT2D eigenvalue weighted by Crippen LogP contribution is -2.29. The maximum absolute atomic E-state index is 9.79. The van der Waals surface area contributed by atoms with Gasteiger partial charge in [0, 0.05) is 13.7 Å². The van der Waals surface area contributed by atoms with Crippen LogP contribution in [-0.4, -0.2) is 47.0 Å². The highest BCUT2D eigenvalue weighted by molar-refractivity contribution is 4.86. The van der Waals surface area contributed by atoms with Crippen LogP contribution >= 0.6 is 0 Å². The zero-order chi connectivity index (χ0) is 13.0. The van der Waals surface area contributed by atoms with E-state index in [2.05, 4.69) is 15.0 Å². The van der Waals surface area contributed by atoms with E-state index in [4.69, 9.17) is 9.26 Å². The molecule has 2 unspecified atom stereocenters. The zero-order valence-corrected chi connectivity index (χ0v) is 11.0. The molecule has 0 spiro atoms. The summed E-state index contributed by atoms with van der Waals surface area (Å²) in [7, 11) is 3.61. The van der Waals surface area contributed by atoms with Crippen molar-refractivity contribution in [2.45, 2.75) is 38.5 Å². The smallest absolute Gasteiger partial charge is 0.252 e. The van der Waals surface area contributed by atoms with Crippen molar-refractivity contribution in [2.24, 2.45) is 5.92 Å². The highest BCUT2D eigenvalue weighted by Crippen LogP contribution is 2.26. The summed E-state index contributed by atoms with van der Waals surface area (Å²) in [5.41, 5.74) is 0. The van der Waals surface area contributed by atoms with Gasteiger partial charge in [-0.2, -0.15) is 4.98 Å². The van der Waals surface area contributed by atoms with E-state index in [1.54, 1.807) is 7.11 Å². The van der Waals surface area contributed by atoms with E-state index < -0.39 is 0 Å². The van der Waals surface area contributed by atoms with Crippen LogP contribution in [0.15, 0.2) is 4.52 Å². The summed E-state index contributed by atoms with van der Waals surface area (Å²) in [6, 6.07) is 0. The number of hydrogen-bond donors (Lipinski definition) is 1. The summed E-state index contributed by atoms with van der Waals surface area (Å²) in [5.74, 6) is 1.54. The van der Waals surface area contributed by atoms with Crippen molar-refractivity contribution in [1.29, 1.82) is 0 Å². The quantitative estimate of drug-likeness (QED) is 0.811. The van der Waals surface area contributed by atoms with Crippen molar-refractivity contribution in [3.63, 3.8) is 0 Å². The Balaban J connectivity index is 1.80. The summed E-state index contributed by atoms with van der Waals surface area (Å²) in [5, 5.41) is 13.7. The molecule has 0 aromatic carbocycles. The molecule has 18 heavy (non-hydrogen) atoms. The van der Waals surface area contributed by atoms with Crippen LogP contribution in [-0.2, 0) is 17.9 Å². The molecule has 2 rings (SSSR count). The first kappa shape index (κ1) is 13.5. The number of aliphatic hydroxyl groups is 1. The number of aliphatic hydroxyl groups excluding tert-OH is 1. The highest BCUT2D eigenvalue weighted by Gasteiger charge is 2.26. The van der Waals surface area contributed by atoms with Gasteiger partial charge in [0.05, 0.1) is 12.6 Å². The molecule has 0 aliphatic heterocycles. The molecule has 0 radical (unpaired) electrons. The molecule has 0 saturated heterocycles. The van der Waals surface area contributed by atoms with Crippen LogP contribution in [0.1, 0.15) is 31.0 Å². The third-order valence-corrected chi connectivity index (χ3v) is 3.35. The standard InChI is InChI=1S/C12H21N3O3/c1-15(6-9-4-3-5-10(9)16)7-11-13-12(8-17-2)18-14-11/h9-10,16H,3-8H2,1-2H3. The summed E-state index contributed by atoms with van der Waals surface area (Å²) in [6.07, 6.45) is 3.01. The first-order valence-corrected chi connectivity index (χ1v) is 6.36. The molecule has 1 aliphatic carbocycles. The summed E-state index contributed by atoms with van der Waals surface area (Å²) in [4.78, 5) is 6.35. The largest absolute Gasteiger partial charge is 0.393 e. The molecule has 2 atom stereocenters. The predicted molar refractivity (Wildman–Crippen MR) is 64.7 cm³/mol. The first-order valence-electron chi connectivity index (χ1n) is 6.36. The molecule has 6 heteroatoms. The van der Waals surface area contributed by atoms with Gasteiger partial charge >= 0.3 is 0 Å². The molecular weight excluding hydrogens is 234 g/mol. The molecule has 1 saturated carbocycles. The Labute approximate surface area is 107 Å². The van der Waals surface area contributed by atoms with Crippen LogP contribution < -0.4 is 0 Å². The minimum atomic E-state index is -0.151. The van der Waals surface area contributed by atoms with Crippen molar-refractivity contribution < 1.29 is 14.4 Å². The minimum absolute atomic E-state index is 0.151. The Morgan fingerprint density at radius 2 is 2.33 bits per heavy atom. The lowest BCUT2D eigenvalue weighted by atomic mass is 10.1. The second-order valence-electron chi connectivity index (χ2n) is 4.99. The van der Waals surface area contributed by atoms with Gasteiger partial charge in [0.15, 0.2) is 5.82 Å². The van der Waals surface area contributed by atoms with E-state index in [-0.39, 0.29) is 6.10 Å². The maximum atomic E-state index is 9.79. The lowest BCUT2D eigenvalue weighted by molar-refractivity contribution is 0.107. The average Bonchev–Trinajstić information content (AvgIpc) is 2.90. The highest BCUT2D eigenvalue weighted by atomic mass is 16.5. The average molecular weight is 255 g/mol. The van der Waals surface area contributed by atoms with E-state index >= 15 is 0 Å². The van der Waals surface area contributed by atoms with Crippen LogP contribution in [0.3, 0.4) is 0 Å². The van der Waals surface area contributed by atoms with E-state index in [9.17, 15) is 5.11 Å². The molecule has 0 bridgehead atoms. The Bertz CT molecular complexity index is 369.